The van der Waals surface area contributed by atoms with Crippen LogP contribution in [0.1, 0.15) is 21.5 Å². The number of hydrogen-bond acceptors (Lipinski definition) is 4. The topological polar surface area (TPSA) is 54.9 Å². The molecule has 0 atom stereocenters. The van der Waals surface area contributed by atoms with Crippen LogP contribution in [0.15, 0.2) is 42.0 Å². The molecule has 128 valence electrons. The van der Waals surface area contributed by atoms with Gasteiger partial charge in [0.25, 0.3) is 5.91 Å². The zero-order valence-corrected chi connectivity index (χ0v) is 13.8. The molecule has 0 saturated heterocycles. The van der Waals surface area contributed by atoms with Crippen LogP contribution in [-0.4, -0.2) is 22.1 Å². The number of aryl methyl sites for hydroxylation is 1. The van der Waals surface area contributed by atoms with Gasteiger partial charge in [0.1, 0.15) is 10.3 Å². The summed E-state index contributed by atoms with van der Waals surface area (Å²) in [6, 6.07) is 6.20. The van der Waals surface area contributed by atoms with Gasteiger partial charge in [0.2, 0.25) is 0 Å². The second-order valence-electron chi connectivity index (χ2n) is 5.30. The van der Waals surface area contributed by atoms with Crippen molar-refractivity contribution < 1.29 is 18.0 Å². The summed E-state index contributed by atoms with van der Waals surface area (Å²) in [5.41, 5.74) is 4.18. The van der Waals surface area contributed by atoms with Crippen molar-refractivity contribution in [3.8, 4) is 0 Å². The number of anilines is 1. The van der Waals surface area contributed by atoms with Gasteiger partial charge in [0, 0.05) is 11.6 Å². The molecule has 8 heteroatoms. The highest BCUT2D eigenvalue weighted by atomic mass is 32.1. The van der Waals surface area contributed by atoms with E-state index in [2.05, 4.69) is 15.3 Å². The molecule has 1 aromatic carbocycles. The highest BCUT2D eigenvalue weighted by Crippen LogP contribution is 2.21. The largest absolute Gasteiger partial charge is 0.409 e. The quantitative estimate of drug-likeness (QED) is 0.725. The number of allylic oxidation sites excluding steroid dienone is 1. The van der Waals surface area contributed by atoms with Gasteiger partial charge in [-0.05, 0) is 30.2 Å². The predicted molar refractivity (Wildman–Crippen MR) is 91.6 cm³/mol. The van der Waals surface area contributed by atoms with Gasteiger partial charge in [-0.1, -0.05) is 18.2 Å². The molecular formula is C17H12F3N3OS. The molecule has 25 heavy (non-hydrogen) atoms. The van der Waals surface area contributed by atoms with Gasteiger partial charge in [-0.2, -0.15) is 13.2 Å². The summed E-state index contributed by atoms with van der Waals surface area (Å²) < 4.78 is 36.7. The number of carbonyl (C=O) groups is 1. The monoisotopic (exact) mass is 363 g/mol. The fraction of sp³-hybridized carbons (Fsp3) is 0.118. The van der Waals surface area contributed by atoms with Crippen molar-refractivity contribution in [1.29, 1.82) is 0 Å². The fourth-order valence-corrected chi connectivity index (χ4v) is 2.87. The van der Waals surface area contributed by atoms with Gasteiger partial charge in [-0.15, -0.1) is 11.3 Å². The summed E-state index contributed by atoms with van der Waals surface area (Å²) in [6.45, 7) is 1.67. The van der Waals surface area contributed by atoms with Crippen LogP contribution >= 0.6 is 11.3 Å². The first kappa shape index (κ1) is 17.1. The lowest BCUT2D eigenvalue weighted by molar-refractivity contribution is -0.0790. The maximum Gasteiger partial charge on any atom is 0.409 e. The Labute approximate surface area is 145 Å². The van der Waals surface area contributed by atoms with E-state index in [-0.39, 0.29) is 12.0 Å². The van der Waals surface area contributed by atoms with Crippen LogP contribution in [0.4, 0.5) is 18.9 Å². The number of nitrogens with one attached hydrogen (secondary N) is 1. The first-order valence-electron chi connectivity index (χ1n) is 7.19. The second kappa shape index (κ2) is 6.64. The number of amides is 1. The minimum atomic E-state index is -4.37. The van der Waals surface area contributed by atoms with Crippen molar-refractivity contribution in [2.75, 3.05) is 5.32 Å². The van der Waals surface area contributed by atoms with Crippen molar-refractivity contribution in [2.24, 2.45) is 0 Å². The lowest BCUT2D eigenvalue weighted by Crippen LogP contribution is -2.13. The third-order valence-corrected chi connectivity index (χ3v) is 4.15. The van der Waals surface area contributed by atoms with Gasteiger partial charge in [0.05, 0.1) is 17.4 Å². The number of carbonyl (C=O) groups excluding carboxylic acids is 1. The number of hydrogen-bond donors (Lipinski definition) is 1. The Morgan fingerprint density at radius 1 is 1.24 bits per heavy atom. The Morgan fingerprint density at radius 2 is 2.04 bits per heavy atom. The van der Waals surface area contributed by atoms with E-state index >= 15 is 0 Å². The van der Waals surface area contributed by atoms with E-state index in [1.54, 1.807) is 18.5 Å². The summed E-state index contributed by atoms with van der Waals surface area (Å²) >= 11 is 1.40. The van der Waals surface area contributed by atoms with Crippen LogP contribution < -0.4 is 5.32 Å². The Morgan fingerprint density at radius 3 is 2.76 bits per heavy atom. The standard InChI is InChI=1S/C17H12F3N3OS/c1-10-6-11(4-5-17(18,19)20)2-3-13(10)15(24)23-12-7-14-16(21-8-12)25-9-22-14/h2-9H,1H3,(H,23,24). The van der Waals surface area contributed by atoms with Gasteiger partial charge in [-0.25, -0.2) is 9.97 Å². The molecule has 2 heterocycles. The fourth-order valence-electron chi connectivity index (χ4n) is 2.26. The van der Waals surface area contributed by atoms with E-state index in [4.69, 9.17) is 0 Å². The number of benzene rings is 1. The van der Waals surface area contributed by atoms with E-state index in [0.717, 1.165) is 10.9 Å². The highest BCUT2D eigenvalue weighted by molar-refractivity contribution is 7.16. The molecule has 1 amide bonds. The third kappa shape index (κ3) is 4.21. The highest BCUT2D eigenvalue weighted by Gasteiger charge is 2.21. The maximum absolute atomic E-state index is 12.4. The van der Waals surface area contributed by atoms with E-state index in [9.17, 15) is 18.0 Å². The first-order chi connectivity index (χ1) is 11.8. The van der Waals surface area contributed by atoms with Gasteiger partial charge >= 0.3 is 6.18 Å². The molecule has 0 radical (unpaired) electrons. The maximum atomic E-state index is 12.4. The molecule has 0 bridgehead atoms. The predicted octanol–water partition coefficient (Wildman–Crippen LogP) is 4.83. The lowest BCUT2D eigenvalue weighted by atomic mass is 10.0. The number of halogens is 3. The van der Waals surface area contributed by atoms with Crippen molar-refractivity contribution in [3.63, 3.8) is 0 Å². The van der Waals surface area contributed by atoms with Crippen LogP contribution in [0, 0.1) is 6.92 Å². The number of fused-ring (bicyclic) bond motifs is 1. The summed E-state index contributed by atoms with van der Waals surface area (Å²) in [4.78, 5) is 21.5. The van der Waals surface area contributed by atoms with Crippen molar-refractivity contribution >= 4 is 39.4 Å². The lowest BCUT2D eigenvalue weighted by Gasteiger charge is -2.08. The number of alkyl halides is 3. The van der Waals surface area contributed by atoms with Crippen molar-refractivity contribution in [2.45, 2.75) is 13.1 Å². The normalized spacial score (nSPS) is 12.0. The summed E-state index contributed by atoms with van der Waals surface area (Å²) in [6.07, 6.45) is -1.70. The SMILES string of the molecule is Cc1cc(C=CC(F)(F)F)ccc1C(=O)Nc1cnc2scnc2c1. The van der Waals surface area contributed by atoms with Crippen LogP contribution in [0.3, 0.4) is 0 Å². The molecule has 1 N–H and O–H groups in total. The first-order valence-corrected chi connectivity index (χ1v) is 8.07. The zero-order chi connectivity index (χ0) is 18.0. The van der Waals surface area contributed by atoms with Crippen LogP contribution in [-0.2, 0) is 0 Å². The van der Waals surface area contributed by atoms with E-state index in [0.29, 0.717) is 27.9 Å². The van der Waals surface area contributed by atoms with Crippen LogP contribution in [0.5, 0.6) is 0 Å². The Bertz CT molecular complexity index is 963. The molecule has 0 aliphatic carbocycles. The van der Waals surface area contributed by atoms with Crippen molar-refractivity contribution in [1.82, 2.24) is 9.97 Å². The number of rotatable bonds is 3. The smallest absolute Gasteiger partial charge is 0.321 e. The second-order valence-corrected chi connectivity index (χ2v) is 6.14. The van der Waals surface area contributed by atoms with Gasteiger partial charge in [-0.3, -0.25) is 4.79 Å². The summed E-state index contributed by atoms with van der Waals surface area (Å²) in [5.74, 6) is -0.361. The van der Waals surface area contributed by atoms with E-state index < -0.39 is 6.18 Å². The number of pyridine rings is 1. The zero-order valence-electron chi connectivity index (χ0n) is 13.0. The Kier molecular flexibility index (Phi) is 4.54. The summed E-state index contributed by atoms with van der Waals surface area (Å²) in [7, 11) is 0. The molecule has 3 rings (SSSR count). The molecular weight excluding hydrogens is 351 g/mol. The van der Waals surface area contributed by atoms with Gasteiger partial charge < -0.3 is 5.32 Å². The van der Waals surface area contributed by atoms with Crippen molar-refractivity contribution in [3.05, 3.63) is 58.7 Å². The molecule has 0 unspecified atom stereocenters. The van der Waals surface area contributed by atoms with Crippen LogP contribution in [0.25, 0.3) is 16.4 Å². The molecule has 0 saturated carbocycles. The summed E-state index contributed by atoms with van der Waals surface area (Å²) in [5, 5.41) is 2.72. The number of nitrogens with zero attached hydrogens (tertiary/aromatic N) is 2. The average molecular weight is 363 g/mol. The third-order valence-electron chi connectivity index (χ3n) is 3.41. The van der Waals surface area contributed by atoms with E-state index in [1.165, 1.54) is 35.7 Å². The van der Waals surface area contributed by atoms with Crippen LogP contribution in [0.2, 0.25) is 0 Å². The molecule has 4 nitrogen and oxygen atoms in total. The Balaban J connectivity index is 1.78. The number of thiazole rings is 1. The molecule has 0 aliphatic rings. The van der Waals surface area contributed by atoms with E-state index in [1.807, 2.05) is 0 Å². The molecule has 2 aromatic heterocycles. The number of aromatic nitrogens is 2. The molecule has 0 fully saturated rings. The molecule has 0 aliphatic heterocycles. The minimum Gasteiger partial charge on any atom is -0.321 e. The van der Waals surface area contributed by atoms with Gasteiger partial charge in [0.15, 0.2) is 0 Å². The Hall–Kier alpha value is -2.74. The average Bonchev–Trinajstić information content (AvgIpc) is 3.00. The molecule has 3 aromatic rings. The minimum absolute atomic E-state index is 0.163. The molecule has 0 spiro atoms.